The lowest BCUT2D eigenvalue weighted by atomic mass is 10.4. The average molecular weight is 315 g/mol. The summed E-state index contributed by atoms with van der Waals surface area (Å²) in [5, 5.41) is 1.17. The Hall–Kier alpha value is -0.880. The quantitative estimate of drug-likeness (QED) is 0.883. The summed E-state index contributed by atoms with van der Waals surface area (Å²) >= 11 is 5.10. The number of aromatic amines is 1. The topological polar surface area (TPSA) is 55.0 Å². The summed E-state index contributed by atoms with van der Waals surface area (Å²) in [6.45, 7) is 2.17. The molecule has 1 N–H and O–H groups in total. The van der Waals surface area contributed by atoms with Crippen LogP contribution in [0.1, 0.15) is 41.2 Å². The van der Waals surface area contributed by atoms with Gasteiger partial charge in [-0.15, -0.1) is 11.3 Å². The van der Waals surface area contributed by atoms with E-state index in [2.05, 4.69) is 25.9 Å². The summed E-state index contributed by atoms with van der Waals surface area (Å²) in [5.74, 6) is 0.302. The maximum atomic E-state index is 11.7. The van der Waals surface area contributed by atoms with Gasteiger partial charge in [-0.2, -0.15) is 0 Å². The Labute approximate surface area is 111 Å². The van der Waals surface area contributed by atoms with Crippen LogP contribution >= 0.6 is 27.3 Å². The number of esters is 1. The highest BCUT2D eigenvalue weighted by Crippen LogP contribution is 2.44. The van der Waals surface area contributed by atoms with Crippen molar-refractivity contribution in [3.05, 3.63) is 15.2 Å². The van der Waals surface area contributed by atoms with Crippen LogP contribution in [0.2, 0.25) is 0 Å². The van der Waals surface area contributed by atoms with Crippen LogP contribution < -0.4 is 0 Å². The molecule has 0 atom stereocenters. The van der Waals surface area contributed by atoms with Crippen LogP contribution in [0.15, 0.2) is 4.47 Å². The first kappa shape index (κ1) is 11.2. The zero-order valence-corrected chi connectivity index (χ0v) is 11.7. The molecule has 3 rings (SSSR count). The third-order valence-electron chi connectivity index (χ3n) is 2.71. The van der Waals surface area contributed by atoms with Crippen LogP contribution in [0.25, 0.3) is 10.3 Å². The van der Waals surface area contributed by atoms with Crippen LogP contribution in [-0.4, -0.2) is 22.5 Å². The maximum absolute atomic E-state index is 11.7. The van der Waals surface area contributed by atoms with Gasteiger partial charge in [-0.1, -0.05) is 0 Å². The molecular formula is C11H11BrN2O2S. The minimum atomic E-state index is -0.336. The van der Waals surface area contributed by atoms with Crippen molar-refractivity contribution in [2.45, 2.75) is 25.7 Å². The summed E-state index contributed by atoms with van der Waals surface area (Å²) in [4.78, 5) is 19.2. The molecule has 6 heteroatoms. The molecule has 0 amide bonds. The first-order valence-corrected chi connectivity index (χ1v) is 7.16. The van der Waals surface area contributed by atoms with Crippen molar-refractivity contribution in [2.24, 2.45) is 0 Å². The van der Waals surface area contributed by atoms with Gasteiger partial charge in [-0.25, -0.2) is 9.78 Å². The molecule has 4 nitrogen and oxygen atoms in total. The molecule has 1 aliphatic carbocycles. The van der Waals surface area contributed by atoms with Crippen molar-refractivity contribution in [1.82, 2.24) is 9.97 Å². The number of hydrogen-bond acceptors (Lipinski definition) is 4. The fourth-order valence-electron chi connectivity index (χ4n) is 1.71. The highest BCUT2D eigenvalue weighted by Gasteiger charge is 2.29. The number of ether oxygens (including phenoxy) is 1. The number of carbonyl (C=O) groups is 1. The Kier molecular flexibility index (Phi) is 2.71. The number of nitrogens with zero attached hydrogens (tertiary/aromatic N) is 1. The molecule has 90 valence electrons. The molecule has 0 bridgehead atoms. The third-order valence-corrected chi connectivity index (χ3v) is 5.00. The molecule has 2 aromatic rings. The van der Waals surface area contributed by atoms with Crippen LogP contribution in [0.3, 0.4) is 0 Å². The van der Waals surface area contributed by atoms with E-state index in [9.17, 15) is 4.79 Å². The van der Waals surface area contributed by atoms with Crippen molar-refractivity contribution < 1.29 is 9.53 Å². The molecule has 2 aromatic heterocycles. The highest BCUT2D eigenvalue weighted by atomic mass is 79.9. The molecule has 2 heterocycles. The zero-order chi connectivity index (χ0) is 12.0. The summed E-state index contributed by atoms with van der Waals surface area (Å²) in [6, 6.07) is 0. The van der Waals surface area contributed by atoms with E-state index >= 15 is 0 Å². The lowest BCUT2D eigenvalue weighted by Crippen LogP contribution is -2.05. The van der Waals surface area contributed by atoms with E-state index in [4.69, 9.17) is 4.74 Å². The molecule has 0 spiro atoms. The van der Waals surface area contributed by atoms with Crippen LogP contribution in [0.5, 0.6) is 0 Å². The standard InChI is InChI=1S/C11H11BrN2O2S/c1-2-16-11(15)7-6(12)8-9(13-7)14-10(17-8)5-3-4-5/h5,13H,2-4H2,1H3. The molecule has 0 radical (unpaired) electrons. The van der Waals surface area contributed by atoms with Gasteiger partial charge >= 0.3 is 5.97 Å². The summed E-state index contributed by atoms with van der Waals surface area (Å²) < 4.78 is 6.76. The molecule has 1 aliphatic rings. The van der Waals surface area contributed by atoms with Crippen molar-refractivity contribution >= 4 is 43.6 Å². The number of carbonyl (C=O) groups excluding carboxylic acids is 1. The fraction of sp³-hybridized carbons (Fsp3) is 0.455. The van der Waals surface area contributed by atoms with Gasteiger partial charge in [0.05, 0.1) is 20.8 Å². The lowest BCUT2D eigenvalue weighted by Gasteiger charge is -1.98. The maximum Gasteiger partial charge on any atom is 0.356 e. The second-order valence-electron chi connectivity index (χ2n) is 4.04. The molecular weight excluding hydrogens is 304 g/mol. The minimum absolute atomic E-state index is 0.336. The molecule has 1 saturated carbocycles. The van der Waals surface area contributed by atoms with Crippen molar-refractivity contribution in [3.63, 3.8) is 0 Å². The number of halogens is 1. The van der Waals surface area contributed by atoms with Gasteiger partial charge in [-0.05, 0) is 35.7 Å². The van der Waals surface area contributed by atoms with Crippen LogP contribution in [-0.2, 0) is 4.74 Å². The average Bonchev–Trinajstić information content (AvgIpc) is 2.99. The zero-order valence-electron chi connectivity index (χ0n) is 9.25. The van der Waals surface area contributed by atoms with Gasteiger partial charge in [0, 0.05) is 5.92 Å². The molecule has 1 fully saturated rings. The van der Waals surface area contributed by atoms with Gasteiger partial charge in [-0.3, -0.25) is 0 Å². The monoisotopic (exact) mass is 314 g/mol. The Bertz CT molecular complexity index is 586. The predicted octanol–water partition coefficient (Wildman–Crippen LogP) is 3.44. The van der Waals surface area contributed by atoms with E-state index in [-0.39, 0.29) is 5.97 Å². The number of fused-ring (bicyclic) bond motifs is 1. The predicted molar refractivity (Wildman–Crippen MR) is 69.6 cm³/mol. The molecule has 0 aliphatic heterocycles. The van der Waals surface area contributed by atoms with Crippen LogP contribution in [0, 0.1) is 0 Å². The molecule has 17 heavy (non-hydrogen) atoms. The van der Waals surface area contributed by atoms with E-state index in [1.165, 1.54) is 17.8 Å². The number of thiazole rings is 1. The second kappa shape index (κ2) is 4.10. The third kappa shape index (κ3) is 1.89. The van der Waals surface area contributed by atoms with Crippen molar-refractivity contribution in [3.8, 4) is 0 Å². The van der Waals surface area contributed by atoms with E-state index in [0.29, 0.717) is 18.2 Å². The van der Waals surface area contributed by atoms with Crippen molar-refractivity contribution in [2.75, 3.05) is 6.61 Å². The second-order valence-corrected chi connectivity index (χ2v) is 5.86. The lowest BCUT2D eigenvalue weighted by molar-refractivity contribution is 0.0519. The van der Waals surface area contributed by atoms with E-state index in [1.807, 2.05) is 0 Å². The number of hydrogen-bond donors (Lipinski definition) is 1. The molecule has 0 aromatic carbocycles. The number of H-pyrrole nitrogens is 1. The largest absolute Gasteiger partial charge is 0.461 e. The van der Waals surface area contributed by atoms with Gasteiger partial charge < -0.3 is 9.72 Å². The molecule has 0 saturated heterocycles. The number of rotatable bonds is 3. The van der Waals surface area contributed by atoms with Gasteiger partial charge in [0.1, 0.15) is 5.69 Å². The van der Waals surface area contributed by atoms with E-state index < -0.39 is 0 Å². The first-order chi connectivity index (χ1) is 8.20. The Morgan fingerprint density at radius 2 is 2.41 bits per heavy atom. The molecule has 0 unspecified atom stereocenters. The number of aromatic nitrogens is 2. The Morgan fingerprint density at radius 3 is 3.00 bits per heavy atom. The van der Waals surface area contributed by atoms with Gasteiger partial charge in [0.2, 0.25) is 0 Å². The Morgan fingerprint density at radius 1 is 1.65 bits per heavy atom. The first-order valence-electron chi connectivity index (χ1n) is 5.55. The van der Waals surface area contributed by atoms with Crippen LogP contribution in [0.4, 0.5) is 0 Å². The minimum Gasteiger partial charge on any atom is -0.461 e. The normalized spacial score (nSPS) is 15.4. The Balaban J connectivity index is 2.01. The van der Waals surface area contributed by atoms with Crippen molar-refractivity contribution in [1.29, 1.82) is 0 Å². The van der Waals surface area contributed by atoms with Gasteiger partial charge in [0.15, 0.2) is 5.65 Å². The van der Waals surface area contributed by atoms with Gasteiger partial charge in [0.25, 0.3) is 0 Å². The smallest absolute Gasteiger partial charge is 0.356 e. The SMILES string of the molecule is CCOC(=O)c1[nH]c2nc(C3CC3)sc2c1Br. The van der Waals surface area contributed by atoms with E-state index in [0.717, 1.165) is 14.8 Å². The van der Waals surface area contributed by atoms with E-state index in [1.54, 1.807) is 18.3 Å². The number of nitrogens with one attached hydrogen (secondary N) is 1. The highest BCUT2D eigenvalue weighted by molar-refractivity contribution is 9.10. The summed E-state index contributed by atoms with van der Waals surface area (Å²) in [5.41, 5.74) is 1.25. The summed E-state index contributed by atoms with van der Waals surface area (Å²) in [6.07, 6.45) is 2.47. The summed E-state index contributed by atoms with van der Waals surface area (Å²) in [7, 11) is 0. The fourth-order valence-corrected chi connectivity index (χ4v) is 3.53.